The number of carbonyl (C=O) groups excluding carboxylic acids is 1. The summed E-state index contributed by atoms with van der Waals surface area (Å²) >= 11 is 1.20. The fourth-order valence-corrected chi connectivity index (χ4v) is 2.10. The van der Waals surface area contributed by atoms with Gasteiger partial charge in [0.2, 0.25) is 0 Å². The second kappa shape index (κ2) is 4.94. The summed E-state index contributed by atoms with van der Waals surface area (Å²) in [7, 11) is 0. The molecule has 0 radical (unpaired) electrons. The smallest absolute Gasteiger partial charge is 0.264 e. The van der Waals surface area contributed by atoms with E-state index in [0.29, 0.717) is 6.54 Å². The van der Waals surface area contributed by atoms with Crippen molar-refractivity contribution in [1.29, 1.82) is 0 Å². The van der Waals surface area contributed by atoms with Gasteiger partial charge >= 0.3 is 0 Å². The molecule has 0 bridgehead atoms. The van der Waals surface area contributed by atoms with Crippen LogP contribution < -0.4 is 0 Å². The van der Waals surface area contributed by atoms with Crippen LogP contribution >= 0.6 is 11.8 Å². The first-order valence-electron chi connectivity index (χ1n) is 3.99. The largest absolute Gasteiger partial charge is 0.299 e. The van der Waals surface area contributed by atoms with E-state index in [1.807, 2.05) is 0 Å². The molecule has 0 aromatic heterocycles. The Morgan fingerprint density at radius 2 is 2.50 bits per heavy atom. The molecule has 7 heteroatoms. The molecule has 1 aliphatic rings. The summed E-state index contributed by atoms with van der Waals surface area (Å²) in [6.45, 7) is -0.759. The Hall–Kier alpha value is -1.11. The topological polar surface area (TPSA) is 63.5 Å². The van der Waals surface area contributed by atoms with Crippen molar-refractivity contribution in [3.05, 3.63) is 21.3 Å². The molecule has 0 unspecified atom stereocenters. The van der Waals surface area contributed by atoms with E-state index < -0.39 is 17.5 Å². The average molecular weight is 220 g/mol. The molecular weight excluding hydrogens is 211 g/mol. The second-order valence-electron chi connectivity index (χ2n) is 2.63. The molecule has 1 fully saturated rings. The lowest BCUT2D eigenvalue weighted by molar-refractivity contribution is -0.403. The van der Waals surface area contributed by atoms with Gasteiger partial charge in [0.15, 0.2) is 6.67 Å². The summed E-state index contributed by atoms with van der Waals surface area (Å²) in [5.74, 6) is 0.000680. The maximum Gasteiger partial charge on any atom is 0.264 e. The van der Waals surface area contributed by atoms with Gasteiger partial charge in [0.05, 0.1) is 4.92 Å². The van der Waals surface area contributed by atoms with Gasteiger partial charge in [0, 0.05) is 12.3 Å². The third kappa shape index (κ3) is 2.69. The molecule has 0 atom stereocenters. The van der Waals surface area contributed by atoms with Crippen LogP contribution in [0.15, 0.2) is 11.2 Å². The fourth-order valence-electron chi connectivity index (χ4n) is 1.10. The Labute approximate surface area is 84.1 Å². The van der Waals surface area contributed by atoms with Gasteiger partial charge in [0.1, 0.15) is 5.03 Å². The molecule has 5 nitrogen and oxygen atoms in total. The fraction of sp³-hybridized carbons (Fsp3) is 0.571. The lowest BCUT2D eigenvalue weighted by atomic mass is 10.4. The number of nitro groups is 1. The Morgan fingerprint density at radius 3 is 3.07 bits per heavy atom. The van der Waals surface area contributed by atoms with Crippen LogP contribution in [0.1, 0.15) is 6.42 Å². The van der Waals surface area contributed by atoms with Gasteiger partial charge in [-0.1, -0.05) is 0 Å². The summed E-state index contributed by atoms with van der Waals surface area (Å²) in [5.41, 5.74) is 0. The molecule has 1 heterocycles. The minimum Gasteiger partial charge on any atom is -0.299 e. The number of rotatable bonds is 2. The van der Waals surface area contributed by atoms with Gasteiger partial charge in [0.25, 0.3) is 12.1 Å². The molecule has 0 aromatic carbocycles. The molecular formula is C7H9FN2O3S. The lowest BCUT2D eigenvalue weighted by Gasteiger charge is -2.26. The maximum absolute atomic E-state index is 12.1. The molecule has 78 valence electrons. The number of carbonyl (C=O) groups is 1. The zero-order valence-electron chi connectivity index (χ0n) is 7.31. The molecule has 0 aliphatic carbocycles. The van der Waals surface area contributed by atoms with E-state index in [2.05, 4.69) is 0 Å². The van der Waals surface area contributed by atoms with Crippen LogP contribution in [0, 0.1) is 10.1 Å². The van der Waals surface area contributed by atoms with Gasteiger partial charge < -0.3 is 0 Å². The molecule has 0 aromatic rings. The van der Waals surface area contributed by atoms with Gasteiger partial charge in [-0.25, -0.2) is 4.39 Å². The molecule has 1 saturated heterocycles. The first-order valence-corrected chi connectivity index (χ1v) is 4.98. The van der Waals surface area contributed by atoms with Gasteiger partial charge in [-0.15, -0.1) is 11.8 Å². The number of alkyl halides is 1. The van der Waals surface area contributed by atoms with E-state index in [4.69, 9.17) is 0 Å². The zero-order valence-corrected chi connectivity index (χ0v) is 8.13. The predicted molar refractivity (Wildman–Crippen MR) is 49.8 cm³/mol. The van der Waals surface area contributed by atoms with E-state index in [1.54, 1.807) is 0 Å². The van der Waals surface area contributed by atoms with Crippen LogP contribution in [0.25, 0.3) is 0 Å². The summed E-state index contributed by atoms with van der Waals surface area (Å²) in [5, 5.41) is 10.4. The van der Waals surface area contributed by atoms with Crippen molar-refractivity contribution in [3.63, 3.8) is 0 Å². The van der Waals surface area contributed by atoms with Crippen molar-refractivity contribution >= 4 is 17.7 Å². The van der Waals surface area contributed by atoms with Crippen molar-refractivity contribution in [2.45, 2.75) is 6.42 Å². The predicted octanol–water partition coefficient (Wildman–Crippen LogP) is 0.997. The van der Waals surface area contributed by atoms with Crippen molar-refractivity contribution in [2.24, 2.45) is 0 Å². The highest BCUT2D eigenvalue weighted by Gasteiger charge is 2.24. The van der Waals surface area contributed by atoms with Crippen LogP contribution in [-0.2, 0) is 4.79 Å². The Bertz CT molecular complexity index is 282. The molecule has 1 rings (SSSR count). The maximum atomic E-state index is 12.1. The van der Waals surface area contributed by atoms with Crippen molar-refractivity contribution in [1.82, 2.24) is 4.90 Å². The first-order chi connectivity index (χ1) is 6.65. The minimum absolute atomic E-state index is 0.226. The molecule has 0 saturated carbocycles. The number of hydrogen-bond donors (Lipinski definition) is 0. The summed E-state index contributed by atoms with van der Waals surface area (Å²) in [6.07, 6.45) is 1.48. The number of amides is 1. The molecule has 1 aliphatic heterocycles. The second-order valence-corrected chi connectivity index (χ2v) is 3.75. The summed E-state index contributed by atoms with van der Waals surface area (Å²) in [4.78, 5) is 21.7. The third-order valence-electron chi connectivity index (χ3n) is 1.67. The highest BCUT2D eigenvalue weighted by atomic mass is 32.2. The number of thioether (sulfide) groups is 1. The minimum atomic E-state index is -1.12. The van der Waals surface area contributed by atoms with Crippen LogP contribution in [0.4, 0.5) is 4.39 Å². The Balaban J connectivity index is 2.78. The van der Waals surface area contributed by atoms with Crippen LogP contribution in [0.5, 0.6) is 0 Å². The van der Waals surface area contributed by atoms with Gasteiger partial charge in [-0.05, 0) is 6.42 Å². The average Bonchev–Trinajstić information content (AvgIpc) is 2.16. The molecule has 1 amide bonds. The third-order valence-corrected chi connectivity index (χ3v) is 2.79. The van der Waals surface area contributed by atoms with E-state index in [9.17, 15) is 19.3 Å². The van der Waals surface area contributed by atoms with Crippen molar-refractivity contribution in [3.8, 4) is 0 Å². The standard InChI is InChI=1S/C7H9FN2O3S/c8-4-6(11)9-2-1-3-14-7(9)5-10(12)13/h5H,1-4H2/b7-5-. The van der Waals surface area contributed by atoms with Crippen LogP contribution in [0.2, 0.25) is 0 Å². The molecule has 0 spiro atoms. The number of halogens is 1. The quantitative estimate of drug-likeness (QED) is 0.514. The van der Waals surface area contributed by atoms with Gasteiger partial charge in [-0.3, -0.25) is 19.8 Å². The lowest BCUT2D eigenvalue weighted by Crippen LogP contribution is -2.34. The van der Waals surface area contributed by atoms with Gasteiger partial charge in [-0.2, -0.15) is 0 Å². The van der Waals surface area contributed by atoms with E-state index >= 15 is 0 Å². The van der Waals surface area contributed by atoms with E-state index in [-0.39, 0.29) is 5.03 Å². The summed E-state index contributed by atoms with van der Waals surface area (Å²) < 4.78 is 12.1. The Kier molecular flexibility index (Phi) is 3.87. The first kappa shape index (κ1) is 11.0. The highest BCUT2D eigenvalue weighted by molar-refractivity contribution is 8.03. The van der Waals surface area contributed by atoms with Crippen LogP contribution in [-0.4, -0.2) is 34.7 Å². The zero-order chi connectivity index (χ0) is 10.6. The molecule has 0 N–H and O–H groups in total. The van der Waals surface area contributed by atoms with Crippen molar-refractivity contribution < 1.29 is 14.1 Å². The monoisotopic (exact) mass is 220 g/mol. The Morgan fingerprint density at radius 1 is 1.79 bits per heavy atom. The highest BCUT2D eigenvalue weighted by Crippen LogP contribution is 2.26. The SMILES string of the molecule is O=C(CF)N1CCCS/C1=C\[N+](=O)[O-]. The van der Waals surface area contributed by atoms with Crippen LogP contribution in [0.3, 0.4) is 0 Å². The van der Waals surface area contributed by atoms with Crippen molar-refractivity contribution in [2.75, 3.05) is 19.0 Å². The number of nitrogens with zero attached hydrogens (tertiary/aromatic N) is 2. The number of hydrogen-bond acceptors (Lipinski definition) is 4. The van der Waals surface area contributed by atoms with E-state index in [0.717, 1.165) is 23.3 Å². The summed E-state index contributed by atoms with van der Waals surface area (Å²) in [6, 6.07) is 0. The molecule has 14 heavy (non-hydrogen) atoms. The van der Waals surface area contributed by atoms with E-state index in [1.165, 1.54) is 11.8 Å². The normalized spacial score (nSPS) is 19.8.